The summed E-state index contributed by atoms with van der Waals surface area (Å²) in [6.07, 6.45) is 8.67. The summed E-state index contributed by atoms with van der Waals surface area (Å²) in [5, 5.41) is 3.53. The molecule has 0 amide bonds. The highest BCUT2D eigenvalue weighted by atomic mass is 127. The number of rotatable bonds is 7. The smallest absolute Gasteiger partial charge is 0.194 e. The van der Waals surface area contributed by atoms with Crippen molar-refractivity contribution in [3.8, 4) is 0 Å². The fourth-order valence-electron chi connectivity index (χ4n) is 4.47. The molecule has 1 saturated carbocycles. The molecule has 0 radical (unpaired) electrons. The third-order valence-electron chi connectivity index (χ3n) is 6.36. The minimum Gasteiger partial charge on any atom is -0.357 e. The topological polar surface area (TPSA) is 34.1 Å². The Morgan fingerprint density at radius 2 is 1.83 bits per heavy atom. The van der Waals surface area contributed by atoms with Gasteiger partial charge in [0.25, 0.3) is 0 Å². The molecule has 0 bridgehead atoms. The van der Waals surface area contributed by atoms with Gasteiger partial charge in [-0.2, -0.15) is 0 Å². The molecule has 2 saturated heterocycles. The number of nitrogens with one attached hydrogen (secondary N) is 1. The Bertz CT molecular complexity index is 680. The molecule has 5 nitrogen and oxygen atoms in total. The minimum atomic E-state index is 0. The van der Waals surface area contributed by atoms with Gasteiger partial charge in [-0.25, -0.2) is 0 Å². The van der Waals surface area contributed by atoms with E-state index < -0.39 is 0 Å². The second-order valence-corrected chi connectivity index (χ2v) is 8.68. The number of likely N-dealkylation sites (tertiary alicyclic amines) is 1. The quantitative estimate of drug-likeness (QED) is 0.338. The zero-order chi connectivity index (χ0) is 19.9. The van der Waals surface area contributed by atoms with Crippen LogP contribution >= 0.6 is 24.0 Å². The van der Waals surface area contributed by atoms with Gasteiger partial charge in [0.1, 0.15) is 0 Å². The summed E-state index contributed by atoms with van der Waals surface area (Å²) in [5.41, 5.74) is 1.28. The van der Waals surface area contributed by atoms with Crippen LogP contribution in [0.1, 0.15) is 31.7 Å². The summed E-state index contributed by atoms with van der Waals surface area (Å²) in [4.78, 5) is 12.7. The minimum absolute atomic E-state index is 0. The van der Waals surface area contributed by atoms with Crippen LogP contribution in [0.5, 0.6) is 0 Å². The van der Waals surface area contributed by atoms with Crippen molar-refractivity contribution in [1.29, 1.82) is 0 Å². The van der Waals surface area contributed by atoms with E-state index in [1.165, 1.54) is 37.9 Å². The summed E-state index contributed by atoms with van der Waals surface area (Å²) in [7, 11) is 0. The highest BCUT2D eigenvalue weighted by Crippen LogP contribution is 2.31. The third-order valence-corrected chi connectivity index (χ3v) is 6.36. The molecule has 166 valence electrons. The van der Waals surface area contributed by atoms with Gasteiger partial charge >= 0.3 is 0 Å². The maximum atomic E-state index is 5.03. The SMILES string of the molecule is CCNC(=NCC1CCN(C2CC2)C1)N1CCN(CC=Cc2ccccc2)CC1.I. The number of aliphatic imine (C=N–C) groups is 1. The lowest BCUT2D eigenvalue weighted by atomic mass is 10.1. The van der Waals surface area contributed by atoms with Crippen molar-refractivity contribution in [3.63, 3.8) is 0 Å². The van der Waals surface area contributed by atoms with Crippen LogP contribution in [0.3, 0.4) is 0 Å². The van der Waals surface area contributed by atoms with Crippen molar-refractivity contribution in [2.24, 2.45) is 10.9 Å². The number of guanidine groups is 1. The number of piperazine rings is 1. The normalized spacial score (nSPS) is 23.7. The van der Waals surface area contributed by atoms with Crippen molar-refractivity contribution in [1.82, 2.24) is 20.0 Å². The van der Waals surface area contributed by atoms with Crippen LogP contribution in [0, 0.1) is 5.92 Å². The zero-order valence-corrected chi connectivity index (χ0v) is 20.7. The predicted octanol–water partition coefficient (Wildman–Crippen LogP) is 3.39. The number of benzene rings is 1. The van der Waals surface area contributed by atoms with Crippen LogP contribution in [-0.4, -0.2) is 85.6 Å². The van der Waals surface area contributed by atoms with Crippen molar-refractivity contribution in [2.75, 3.05) is 58.9 Å². The van der Waals surface area contributed by atoms with Crippen molar-refractivity contribution in [2.45, 2.75) is 32.2 Å². The predicted molar refractivity (Wildman–Crippen MR) is 138 cm³/mol. The maximum Gasteiger partial charge on any atom is 0.194 e. The highest BCUT2D eigenvalue weighted by Gasteiger charge is 2.34. The summed E-state index contributed by atoms with van der Waals surface area (Å²) in [6.45, 7) is 12.0. The Morgan fingerprint density at radius 1 is 1.07 bits per heavy atom. The van der Waals surface area contributed by atoms with E-state index in [9.17, 15) is 0 Å². The Balaban J connectivity index is 0.00000256. The van der Waals surface area contributed by atoms with Gasteiger partial charge in [0, 0.05) is 58.4 Å². The van der Waals surface area contributed by atoms with Gasteiger partial charge in [-0.3, -0.25) is 9.89 Å². The Morgan fingerprint density at radius 3 is 2.53 bits per heavy atom. The van der Waals surface area contributed by atoms with Crippen LogP contribution in [-0.2, 0) is 0 Å². The molecular formula is C24H38IN5. The second kappa shape index (κ2) is 12.1. The second-order valence-electron chi connectivity index (χ2n) is 8.68. The molecule has 3 fully saturated rings. The number of nitrogens with zero attached hydrogens (tertiary/aromatic N) is 4. The first-order valence-corrected chi connectivity index (χ1v) is 11.5. The molecular weight excluding hydrogens is 485 g/mol. The molecule has 1 N–H and O–H groups in total. The number of hydrogen-bond acceptors (Lipinski definition) is 3. The standard InChI is InChI=1S/C24H37N5.HI/c1-2-25-24(26-19-22-12-14-29(20-22)23-10-11-23)28-17-15-27(16-18-28)13-6-9-21-7-4-3-5-8-21;/h3-9,22-23H,2,10-20H2,1H3,(H,25,26);1H. The van der Waals surface area contributed by atoms with Gasteiger partial charge in [-0.05, 0) is 44.2 Å². The van der Waals surface area contributed by atoms with E-state index in [0.717, 1.165) is 63.7 Å². The summed E-state index contributed by atoms with van der Waals surface area (Å²) >= 11 is 0. The van der Waals surface area contributed by atoms with Gasteiger partial charge in [-0.15, -0.1) is 24.0 Å². The van der Waals surface area contributed by atoms with E-state index in [-0.39, 0.29) is 24.0 Å². The van der Waals surface area contributed by atoms with Gasteiger partial charge in [0.2, 0.25) is 0 Å². The first-order valence-electron chi connectivity index (χ1n) is 11.5. The Kier molecular flexibility index (Phi) is 9.46. The van der Waals surface area contributed by atoms with Crippen LogP contribution in [0.4, 0.5) is 0 Å². The van der Waals surface area contributed by atoms with Gasteiger partial charge in [0.05, 0.1) is 0 Å². The molecule has 1 atom stereocenters. The molecule has 0 aromatic heterocycles. The molecule has 0 spiro atoms. The van der Waals surface area contributed by atoms with Crippen molar-refractivity contribution >= 4 is 36.0 Å². The van der Waals surface area contributed by atoms with Crippen molar-refractivity contribution < 1.29 is 0 Å². The molecule has 2 heterocycles. The first-order chi connectivity index (χ1) is 14.3. The lowest BCUT2D eigenvalue weighted by Gasteiger charge is -2.36. The molecule has 1 unspecified atom stereocenters. The van der Waals surface area contributed by atoms with Gasteiger partial charge in [-0.1, -0.05) is 42.5 Å². The third kappa shape index (κ3) is 6.95. The summed E-state index contributed by atoms with van der Waals surface area (Å²) in [6, 6.07) is 11.5. The van der Waals surface area contributed by atoms with E-state index in [2.05, 4.69) is 69.4 Å². The van der Waals surface area contributed by atoms with E-state index in [1.54, 1.807) is 0 Å². The van der Waals surface area contributed by atoms with E-state index in [4.69, 9.17) is 4.99 Å². The van der Waals surface area contributed by atoms with Crippen LogP contribution < -0.4 is 5.32 Å². The fourth-order valence-corrected chi connectivity index (χ4v) is 4.47. The zero-order valence-electron chi connectivity index (χ0n) is 18.4. The summed E-state index contributed by atoms with van der Waals surface area (Å²) < 4.78 is 0. The van der Waals surface area contributed by atoms with Crippen LogP contribution in [0.2, 0.25) is 0 Å². The number of hydrogen-bond donors (Lipinski definition) is 1. The lowest BCUT2D eigenvalue weighted by Crippen LogP contribution is -2.52. The van der Waals surface area contributed by atoms with Gasteiger partial charge in [0.15, 0.2) is 5.96 Å². The monoisotopic (exact) mass is 523 g/mol. The average molecular weight is 524 g/mol. The Hall–Kier alpha value is -1.12. The average Bonchev–Trinajstić information content (AvgIpc) is 3.51. The molecule has 1 aromatic carbocycles. The van der Waals surface area contributed by atoms with Crippen LogP contribution in [0.25, 0.3) is 6.08 Å². The molecule has 1 aliphatic carbocycles. The summed E-state index contributed by atoms with van der Waals surface area (Å²) in [5.74, 6) is 1.87. The molecule has 30 heavy (non-hydrogen) atoms. The molecule has 6 heteroatoms. The van der Waals surface area contributed by atoms with E-state index >= 15 is 0 Å². The molecule has 3 aliphatic rings. The van der Waals surface area contributed by atoms with E-state index in [1.807, 2.05) is 0 Å². The largest absolute Gasteiger partial charge is 0.357 e. The number of halogens is 1. The van der Waals surface area contributed by atoms with Crippen molar-refractivity contribution in [3.05, 3.63) is 42.0 Å². The molecule has 1 aromatic rings. The van der Waals surface area contributed by atoms with Crippen LogP contribution in [0.15, 0.2) is 41.4 Å². The van der Waals surface area contributed by atoms with E-state index in [0.29, 0.717) is 0 Å². The molecule has 4 rings (SSSR count). The maximum absolute atomic E-state index is 5.03. The first kappa shape index (κ1) is 23.5. The Labute approximate surface area is 199 Å². The fraction of sp³-hybridized carbons (Fsp3) is 0.625. The highest BCUT2D eigenvalue weighted by molar-refractivity contribution is 14.0. The molecule has 2 aliphatic heterocycles. The van der Waals surface area contributed by atoms with Gasteiger partial charge < -0.3 is 15.1 Å². The lowest BCUT2D eigenvalue weighted by molar-refractivity contribution is 0.194.